The predicted molar refractivity (Wildman–Crippen MR) is 138 cm³/mol. The summed E-state index contributed by atoms with van der Waals surface area (Å²) in [6.45, 7) is 0. The maximum Gasteiger partial charge on any atom is 0.248 e. The minimum atomic E-state index is -0.465. The minimum absolute atomic E-state index is 0.0914. The van der Waals surface area contributed by atoms with Crippen LogP contribution >= 0.6 is 0 Å². The molecular formula is C27H22N8O. The Labute approximate surface area is 205 Å². The van der Waals surface area contributed by atoms with Crippen LogP contribution in [-0.2, 0) is 6.42 Å². The highest BCUT2D eigenvalue weighted by atomic mass is 16.1. The van der Waals surface area contributed by atoms with Crippen molar-refractivity contribution in [3.63, 3.8) is 0 Å². The van der Waals surface area contributed by atoms with Crippen molar-refractivity contribution < 1.29 is 4.79 Å². The number of carbonyl (C=O) groups is 1. The summed E-state index contributed by atoms with van der Waals surface area (Å²) < 4.78 is 0. The lowest BCUT2D eigenvalue weighted by Crippen LogP contribution is -2.10. The van der Waals surface area contributed by atoms with E-state index in [1.54, 1.807) is 12.1 Å². The second kappa shape index (κ2) is 8.62. The molecule has 0 bridgehead atoms. The number of primary amides is 1. The largest absolute Gasteiger partial charge is 0.384 e. The van der Waals surface area contributed by atoms with E-state index in [9.17, 15) is 4.79 Å². The zero-order valence-electron chi connectivity index (χ0n) is 19.1. The number of nitrogens with two attached hydrogens (primary N) is 2. The number of nitrogens with one attached hydrogen (secondary N) is 2. The number of benzene rings is 3. The van der Waals surface area contributed by atoms with Gasteiger partial charge < -0.3 is 16.5 Å². The number of hydrogen-bond donors (Lipinski definition) is 4. The number of H-pyrrole nitrogens is 2. The van der Waals surface area contributed by atoms with Gasteiger partial charge in [-0.05, 0) is 41.0 Å². The summed E-state index contributed by atoms with van der Waals surface area (Å²) in [6, 6.07) is 25.2. The first kappa shape index (κ1) is 21.5. The number of nitrogens with zero attached hydrogens (tertiary/aromatic N) is 4. The molecule has 6 N–H and O–H groups in total. The summed E-state index contributed by atoms with van der Waals surface area (Å²) in [5.74, 6) is 0.648. The number of rotatable bonds is 6. The Morgan fingerprint density at radius 3 is 2.58 bits per heavy atom. The molecule has 3 aromatic heterocycles. The lowest BCUT2D eigenvalue weighted by molar-refractivity contribution is 0.100. The molecule has 0 aliphatic heterocycles. The molecule has 6 rings (SSSR count). The molecule has 0 aliphatic rings. The second-order valence-corrected chi connectivity index (χ2v) is 8.64. The number of carbonyl (C=O) groups excluding carboxylic acids is 1. The van der Waals surface area contributed by atoms with Crippen molar-refractivity contribution in [2.75, 3.05) is 5.73 Å². The number of pyridine rings is 1. The maximum absolute atomic E-state index is 11.7. The number of aromatic nitrogens is 6. The molecule has 176 valence electrons. The molecule has 0 saturated carbocycles. The van der Waals surface area contributed by atoms with E-state index in [0.717, 1.165) is 39.1 Å². The van der Waals surface area contributed by atoms with Crippen LogP contribution in [0.1, 0.15) is 33.2 Å². The molecule has 0 fully saturated rings. The van der Waals surface area contributed by atoms with Crippen molar-refractivity contribution in [3.05, 3.63) is 101 Å². The lowest BCUT2D eigenvalue weighted by Gasteiger charge is -2.17. The van der Waals surface area contributed by atoms with Crippen LogP contribution in [0.2, 0.25) is 0 Å². The topological polar surface area (TPSA) is 152 Å². The molecule has 3 heterocycles. The Kier molecular flexibility index (Phi) is 5.15. The fourth-order valence-electron chi connectivity index (χ4n) is 4.69. The molecule has 36 heavy (non-hydrogen) atoms. The molecule has 0 unspecified atom stereocenters. The normalized spacial score (nSPS) is 12.2. The molecule has 3 aromatic carbocycles. The number of fused-ring (bicyclic) bond motifs is 2. The van der Waals surface area contributed by atoms with Crippen LogP contribution in [0.25, 0.3) is 33.3 Å². The van der Waals surface area contributed by atoms with Crippen molar-refractivity contribution in [1.29, 1.82) is 0 Å². The highest BCUT2D eigenvalue weighted by molar-refractivity contribution is 5.97. The van der Waals surface area contributed by atoms with Gasteiger partial charge in [-0.3, -0.25) is 4.79 Å². The number of nitrogen functional groups attached to an aromatic ring is 1. The first-order chi connectivity index (χ1) is 17.6. The van der Waals surface area contributed by atoms with E-state index in [4.69, 9.17) is 16.5 Å². The van der Waals surface area contributed by atoms with Gasteiger partial charge >= 0.3 is 0 Å². The zero-order valence-corrected chi connectivity index (χ0v) is 19.1. The van der Waals surface area contributed by atoms with E-state index in [0.29, 0.717) is 29.0 Å². The summed E-state index contributed by atoms with van der Waals surface area (Å²) in [5, 5.41) is 11.0. The van der Waals surface area contributed by atoms with Crippen LogP contribution in [0.15, 0.2) is 78.9 Å². The minimum Gasteiger partial charge on any atom is -0.384 e. The van der Waals surface area contributed by atoms with Crippen LogP contribution in [0.3, 0.4) is 0 Å². The van der Waals surface area contributed by atoms with Gasteiger partial charge in [0.05, 0.1) is 11.0 Å². The van der Waals surface area contributed by atoms with E-state index in [1.807, 2.05) is 54.6 Å². The summed E-state index contributed by atoms with van der Waals surface area (Å²) in [5.41, 5.74) is 18.9. The Hall–Kier alpha value is -5.05. The molecular weight excluding hydrogens is 452 g/mol. The fourth-order valence-corrected chi connectivity index (χ4v) is 4.69. The zero-order chi connectivity index (χ0) is 24.6. The third-order valence-corrected chi connectivity index (χ3v) is 6.34. The fraction of sp³-hybridized carbons (Fsp3) is 0.0741. The van der Waals surface area contributed by atoms with Crippen LogP contribution in [0.5, 0.6) is 0 Å². The first-order valence-electron chi connectivity index (χ1n) is 11.5. The van der Waals surface area contributed by atoms with Gasteiger partial charge in [-0.2, -0.15) is 0 Å². The van der Waals surface area contributed by atoms with Gasteiger partial charge in [0.15, 0.2) is 5.65 Å². The second-order valence-electron chi connectivity index (χ2n) is 8.64. The van der Waals surface area contributed by atoms with Crippen LogP contribution in [0, 0.1) is 0 Å². The van der Waals surface area contributed by atoms with E-state index in [1.165, 1.54) is 0 Å². The van der Waals surface area contributed by atoms with Crippen molar-refractivity contribution >= 4 is 33.9 Å². The van der Waals surface area contributed by atoms with E-state index >= 15 is 0 Å². The van der Waals surface area contributed by atoms with Crippen molar-refractivity contribution in [2.45, 2.75) is 12.3 Å². The van der Waals surface area contributed by atoms with Crippen molar-refractivity contribution in [1.82, 2.24) is 30.4 Å². The molecule has 0 spiro atoms. The highest BCUT2D eigenvalue weighted by Gasteiger charge is 2.22. The quantitative estimate of drug-likeness (QED) is 0.287. The SMILES string of the molecule is NC(=O)c1cccc(-c2cccc3[nH]c(C[C@H](c4ccccc4)c4cc(N)nc5[nH]nnc45)nc23)c1. The van der Waals surface area contributed by atoms with Crippen LogP contribution in [0.4, 0.5) is 5.82 Å². The van der Waals surface area contributed by atoms with Gasteiger partial charge in [0.1, 0.15) is 17.2 Å². The average molecular weight is 475 g/mol. The van der Waals surface area contributed by atoms with Crippen molar-refractivity contribution in [2.24, 2.45) is 5.73 Å². The van der Waals surface area contributed by atoms with Gasteiger partial charge in [-0.25, -0.2) is 15.1 Å². The van der Waals surface area contributed by atoms with Gasteiger partial charge in [0, 0.05) is 23.5 Å². The third-order valence-electron chi connectivity index (χ3n) is 6.34. The summed E-state index contributed by atoms with van der Waals surface area (Å²) in [4.78, 5) is 24.5. The Morgan fingerprint density at radius 1 is 0.917 bits per heavy atom. The molecule has 0 radical (unpaired) electrons. The Bertz CT molecular complexity index is 1720. The summed E-state index contributed by atoms with van der Waals surface area (Å²) in [6.07, 6.45) is 0.574. The molecule has 0 saturated heterocycles. The van der Waals surface area contributed by atoms with E-state index in [2.05, 4.69) is 37.5 Å². The number of aromatic amines is 2. The van der Waals surface area contributed by atoms with Gasteiger partial charge in [0.25, 0.3) is 0 Å². The lowest BCUT2D eigenvalue weighted by atomic mass is 9.88. The van der Waals surface area contributed by atoms with E-state index < -0.39 is 5.91 Å². The highest BCUT2D eigenvalue weighted by Crippen LogP contribution is 2.34. The molecule has 9 nitrogen and oxygen atoms in total. The van der Waals surface area contributed by atoms with Gasteiger partial charge in [-0.15, -0.1) is 5.10 Å². The number of anilines is 1. The monoisotopic (exact) mass is 474 g/mol. The molecule has 6 aromatic rings. The average Bonchev–Trinajstić information content (AvgIpc) is 3.54. The number of amides is 1. The Morgan fingerprint density at radius 2 is 1.75 bits per heavy atom. The van der Waals surface area contributed by atoms with Gasteiger partial charge in [-0.1, -0.05) is 59.8 Å². The van der Waals surface area contributed by atoms with Crippen molar-refractivity contribution in [3.8, 4) is 11.1 Å². The molecule has 9 heteroatoms. The van der Waals surface area contributed by atoms with Crippen LogP contribution < -0.4 is 11.5 Å². The predicted octanol–water partition coefficient (Wildman–Crippen LogP) is 3.95. The first-order valence-corrected chi connectivity index (χ1v) is 11.5. The Balaban J connectivity index is 1.46. The number of para-hydroxylation sites is 1. The molecule has 1 amide bonds. The van der Waals surface area contributed by atoms with E-state index in [-0.39, 0.29) is 5.92 Å². The third kappa shape index (κ3) is 3.82. The smallest absolute Gasteiger partial charge is 0.248 e. The van der Waals surface area contributed by atoms with Gasteiger partial charge in [0.2, 0.25) is 5.91 Å². The van der Waals surface area contributed by atoms with Crippen LogP contribution in [-0.4, -0.2) is 36.3 Å². The maximum atomic E-state index is 11.7. The summed E-state index contributed by atoms with van der Waals surface area (Å²) in [7, 11) is 0. The summed E-state index contributed by atoms with van der Waals surface area (Å²) >= 11 is 0. The standard InChI is InChI=1S/C27H22N8O/c28-22-13-20(25-27(31-22)34-35-33-25)19(15-6-2-1-3-7-15)14-23-30-21-11-5-10-18(24(21)32-23)16-8-4-9-17(12-16)26(29)36/h1-13,19H,14H2,(H2,29,36)(H,30,32)(H3,28,31,33,34,35)/t19-/m1/s1. The molecule has 1 atom stereocenters. The number of imidazole rings is 1. The molecule has 0 aliphatic carbocycles. The number of hydrogen-bond acceptors (Lipinski definition) is 6.